The Morgan fingerprint density at radius 1 is 1.19 bits per heavy atom. The molecule has 10 heteroatoms. The number of fused-ring (bicyclic) bond motifs is 3. The first-order chi connectivity index (χ1) is 17.7. The predicted octanol–water partition coefficient (Wildman–Crippen LogP) is 3.81. The maximum atomic E-state index is 13.5. The van der Waals surface area contributed by atoms with E-state index in [1.807, 2.05) is 43.9 Å². The topological polar surface area (TPSA) is 112 Å². The summed E-state index contributed by atoms with van der Waals surface area (Å²) in [5.74, 6) is -0.436. The molecule has 1 aromatic carbocycles. The molecule has 0 aliphatic carbocycles. The second-order valence-corrected chi connectivity index (χ2v) is 10.4. The Kier molecular flexibility index (Phi) is 6.85. The van der Waals surface area contributed by atoms with E-state index < -0.39 is 11.6 Å². The molecule has 192 valence electrons. The van der Waals surface area contributed by atoms with Gasteiger partial charge in [-0.2, -0.15) is 0 Å². The lowest BCUT2D eigenvalue weighted by atomic mass is 10.0. The number of rotatable bonds is 6. The van der Waals surface area contributed by atoms with E-state index in [9.17, 15) is 9.59 Å². The molecule has 9 nitrogen and oxygen atoms in total. The number of aromatic nitrogens is 3. The van der Waals surface area contributed by atoms with Gasteiger partial charge in [0.1, 0.15) is 6.04 Å². The van der Waals surface area contributed by atoms with Crippen LogP contribution in [0.3, 0.4) is 0 Å². The molecule has 0 saturated carbocycles. The monoisotopic (exact) mass is 520 g/mol. The molecular weight excluding hydrogens is 492 g/mol. The second-order valence-electron chi connectivity index (χ2n) is 9.98. The van der Waals surface area contributed by atoms with Crippen LogP contribution in [0.2, 0.25) is 5.02 Å². The van der Waals surface area contributed by atoms with E-state index in [2.05, 4.69) is 25.6 Å². The average Bonchev–Trinajstić information content (AvgIpc) is 3.22. The largest absolute Gasteiger partial charge is 0.372 e. The molecule has 0 bridgehead atoms. The number of nitrogens with zero attached hydrogens (tertiary/aromatic N) is 3. The van der Waals surface area contributed by atoms with Crippen molar-refractivity contribution in [3.05, 3.63) is 65.2 Å². The van der Waals surface area contributed by atoms with Gasteiger partial charge in [-0.05, 0) is 56.2 Å². The lowest BCUT2D eigenvalue weighted by molar-refractivity contribution is -0.146. The molecule has 1 fully saturated rings. The summed E-state index contributed by atoms with van der Waals surface area (Å²) in [4.78, 5) is 39.9. The van der Waals surface area contributed by atoms with E-state index in [1.54, 1.807) is 30.9 Å². The van der Waals surface area contributed by atoms with Gasteiger partial charge < -0.3 is 20.4 Å². The minimum Gasteiger partial charge on any atom is -0.372 e. The van der Waals surface area contributed by atoms with Crippen LogP contribution in [0.5, 0.6) is 0 Å². The quantitative estimate of drug-likeness (QED) is 0.356. The van der Waals surface area contributed by atoms with Crippen molar-refractivity contribution in [3.8, 4) is 0 Å². The summed E-state index contributed by atoms with van der Waals surface area (Å²) < 4.78 is 5.97. The van der Waals surface area contributed by atoms with Gasteiger partial charge in [-0.15, -0.1) is 0 Å². The maximum Gasteiger partial charge on any atom is 0.244 e. The normalized spacial score (nSPS) is 17.7. The van der Waals surface area contributed by atoms with Crippen molar-refractivity contribution < 1.29 is 14.3 Å². The van der Waals surface area contributed by atoms with Gasteiger partial charge in [0.15, 0.2) is 0 Å². The van der Waals surface area contributed by atoms with Crippen molar-refractivity contribution in [2.24, 2.45) is 0 Å². The number of ether oxygens (including phenoxy) is 1. The number of aromatic amines is 1. The van der Waals surface area contributed by atoms with Crippen molar-refractivity contribution in [1.29, 1.82) is 0 Å². The van der Waals surface area contributed by atoms with E-state index in [0.717, 1.165) is 32.9 Å². The van der Waals surface area contributed by atoms with Gasteiger partial charge in [-0.1, -0.05) is 11.6 Å². The van der Waals surface area contributed by atoms with Gasteiger partial charge in [0.25, 0.3) is 0 Å². The summed E-state index contributed by atoms with van der Waals surface area (Å²) in [5, 5.41) is 8.34. The van der Waals surface area contributed by atoms with Gasteiger partial charge >= 0.3 is 0 Å². The lowest BCUT2D eigenvalue weighted by Gasteiger charge is -2.42. The maximum absolute atomic E-state index is 13.5. The van der Waals surface area contributed by atoms with Crippen LogP contribution in [0.15, 0.2) is 49.1 Å². The zero-order chi connectivity index (χ0) is 26.2. The highest BCUT2D eigenvalue weighted by molar-refractivity contribution is 6.33. The van der Waals surface area contributed by atoms with Crippen LogP contribution in [-0.2, 0) is 20.9 Å². The molecule has 1 aliphatic heterocycles. The fourth-order valence-corrected chi connectivity index (χ4v) is 4.95. The fourth-order valence-electron chi connectivity index (χ4n) is 4.73. The Balaban J connectivity index is 1.34. The van der Waals surface area contributed by atoms with E-state index >= 15 is 0 Å². The van der Waals surface area contributed by atoms with Crippen LogP contribution >= 0.6 is 11.6 Å². The second kappa shape index (κ2) is 10.1. The average molecular weight is 521 g/mol. The van der Waals surface area contributed by atoms with Crippen molar-refractivity contribution in [2.45, 2.75) is 39.0 Å². The fraction of sp³-hybridized carbons (Fsp3) is 0.333. The number of hydrogen-bond donors (Lipinski definition) is 3. The summed E-state index contributed by atoms with van der Waals surface area (Å²) in [6.45, 7) is 6.91. The molecule has 2 amide bonds. The van der Waals surface area contributed by atoms with Crippen LogP contribution in [-0.4, -0.2) is 63.0 Å². The highest BCUT2D eigenvalue weighted by atomic mass is 35.5. The van der Waals surface area contributed by atoms with Crippen molar-refractivity contribution in [3.63, 3.8) is 0 Å². The van der Waals surface area contributed by atoms with Gasteiger partial charge in [-0.25, -0.2) is 0 Å². The zero-order valence-corrected chi connectivity index (χ0v) is 21.7. The number of anilines is 1. The van der Waals surface area contributed by atoms with Crippen molar-refractivity contribution >= 4 is 50.9 Å². The number of amides is 2. The van der Waals surface area contributed by atoms with E-state index in [1.165, 1.54) is 0 Å². The van der Waals surface area contributed by atoms with Crippen LogP contribution < -0.4 is 10.6 Å². The molecular formula is C27H29ClN6O3. The Labute approximate surface area is 219 Å². The molecule has 0 spiro atoms. The molecule has 3 aromatic heterocycles. The molecule has 1 saturated heterocycles. The van der Waals surface area contributed by atoms with E-state index in [0.29, 0.717) is 23.8 Å². The first-order valence-electron chi connectivity index (χ1n) is 12.1. The first kappa shape index (κ1) is 25.1. The van der Waals surface area contributed by atoms with Gasteiger partial charge in [-0.3, -0.25) is 24.5 Å². The number of pyridine rings is 2. The van der Waals surface area contributed by atoms with Gasteiger partial charge in [0.05, 0.1) is 41.7 Å². The first-order valence-corrected chi connectivity index (χ1v) is 12.5. The summed E-state index contributed by atoms with van der Waals surface area (Å²) in [6, 6.07) is 6.71. The number of hydrogen-bond acceptors (Lipinski definition) is 6. The minimum atomic E-state index is -0.651. The van der Waals surface area contributed by atoms with Gasteiger partial charge in [0, 0.05) is 47.5 Å². The van der Waals surface area contributed by atoms with Crippen LogP contribution in [0.1, 0.15) is 25.0 Å². The molecule has 0 unspecified atom stereocenters. The molecule has 5 rings (SSSR count). The number of H-pyrrole nitrogens is 1. The number of benzene rings is 1. The molecule has 37 heavy (non-hydrogen) atoms. The van der Waals surface area contributed by atoms with Crippen molar-refractivity contribution in [2.75, 3.05) is 25.0 Å². The molecule has 1 atom stereocenters. The Morgan fingerprint density at radius 2 is 1.97 bits per heavy atom. The SMILES string of the molecule is Cc1cnccc1CNC(=O)CN1CC(C)(C)OC[C@H]1C(=O)Nc1cc(Cl)cc2c1[nH]c1cnccc12. The summed E-state index contributed by atoms with van der Waals surface area (Å²) in [6.07, 6.45) is 6.92. The predicted molar refractivity (Wildman–Crippen MR) is 143 cm³/mol. The third-order valence-corrected chi connectivity index (χ3v) is 6.87. The van der Waals surface area contributed by atoms with Crippen LogP contribution in [0, 0.1) is 6.92 Å². The molecule has 1 aliphatic rings. The summed E-state index contributed by atoms with van der Waals surface area (Å²) in [7, 11) is 0. The highest BCUT2D eigenvalue weighted by Gasteiger charge is 2.38. The summed E-state index contributed by atoms with van der Waals surface area (Å²) in [5.41, 5.74) is 3.68. The third-order valence-electron chi connectivity index (χ3n) is 6.65. The molecule has 3 N–H and O–H groups in total. The molecule has 4 heterocycles. The number of aryl methyl sites for hydroxylation is 1. The van der Waals surface area contributed by atoms with Crippen LogP contribution in [0.4, 0.5) is 5.69 Å². The Hall–Kier alpha value is -3.53. The number of morpholine rings is 1. The van der Waals surface area contributed by atoms with E-state index in [4.69, 9.17) is 16.3 Å². The number of carbonyl (C=O) groups is 2. The molecule has 0 radical (unpaired) electrons. The standard InChI is InChI=1S/C27H29ClN6O3/c1-16-10-29-6-4-17(16)11-31-24(35)13-34-15-27(2,3)37-14-23(34)26(36)33-21-9-18(28)8-20-19-5-7-30-12-22(19)32-25(20)21/h4-10,12,23,32H,11,13-15H2,1-3H3,(H,31,35)(H,33,36)/t23-/m0/s1. The Bertz CT molecular complexity index is 1480. The number of nitrogens with one attached hydrogen (secondary N) is 3. The minimum absolute atomic E-state index is 0.0675. The number of carbonyl (C=O) groups excluding carboxylic acids is 2. The van der Waals surface area contributed by atoms with E-state index in [-0.39, 0.29) is 25.0 Å². The third kappa shape index (κ3) is 5.44. The van der Waals surface area contributed by atoms with Crippen LogP contribution in [0.25, 0.3) is 21.8 Å². The molecule has 4 aromatic rings. The number of halogens is 1. The van der Waals surface area contributed by atoms with Crippen molar-refractivity contribution in [1.82, 2.24) is 25.2 Å². The summed E-state index contributed by atoms with van der Waals surface area (Å²) >= 11 is 6.41. The van der Waals surface area contributed by atoms with Gasteiger partial charge in [0.2, 0.25) is 11.8 Å². The highest BCUT2D eigenvalue weighted by Crippen LogP contribution is 2.33. The Morgan fingerprint density at radius 3 is 2.78 bits per heavy atom. The zero-order valence-electron chi connectivity index (χ0n) is 21.0. The smallest absolute Gasteiger partial charge is 0.244 e. The lowest BCUT2D eigenvalue weighted by Crippen LogP contribution is -2.60.